The van der Waals surface area contributed by atoms with E-state index in [0.29, 0.717) is 32.1 Å². The topological polar surface area (TPSA) is 68.2 Å². The number of likely N-dealkylation sites (N-methyl/N-ethyl adjacent to an activating group) is 1. The summed E-state index contributed by atoms with van der Waals surface area (Å²) in [6.45, 7) is 2.56. The summed E-state index contributed by atoms with van der Waals surface area (Å²) in [5, 5.41) is 3.23. The number of aliphatic imine (C=N–C) groups is 1. The number of hydrogen-bond donors (Lipinski definition) is 1. The first-order valence-corrected chi connectivity index (χ1v) is 19.6. The number of amides is 2. The van der Waals surface area contributed by atoms with Gasteiger partial charge in [-0.2, -0.15) is 26.3 Å². The average molecular weight is 720 g/mol. The summed E-state index contributed by atoms with van der Waals surface area (Å²) in [5.74, 6) is -3.92. The fraction of sp³-hybridized carbons (Fsp3) is 0.919. The van der Waals surface area contributed by atoms with Crippen molar-refractivity contribution in [3.05, 3.63) is 0 Å². The fourth-order valence-corrected chi connectivity index (χ4v) is 9.39. The van der Waals surface area contributed by atoms with E-state index in [-0.39, 0.29) is 55.5 Å². The number of nitrogens with one attached hydrogen (secondary N) is 1. The first-order valence-electron chi connectivity index (χ1n) is 19.6. The number of carbonyl (C=O) groups is 2. The van der Waals surface area contributed by atoms with Crippen LogP contribution >= 0.6 is 0 Å². The number of guanidine groups is 1. The summed E-state index contributed by atoms with van der Waals surface area (Å²) in [6.07, 6.45) is 4.86. The first-order chi connectivity index (χ1) is 23.8. The van der Waals surface area contributed by atoms with Crippen LogP contribution in [-0.2, 0) is 9.59 Å². The highest BCUT2D eigenvalue weighted by atomic mass is 19.4. The lowest BCUT2D eigenvalue weighted by atomic mass is 9.73. The van der Waals surface area contributed by atoms with Gasteiger partial charge in [0.15, 0.2) is 0 Å². The van der Waals surface area contributed by atoms with Crippen molar-refractivity contribution in [2.45, 2.75) is 146 Å². The molecule has 50 heavy (non-hydrogen) atoms. The lowest BCUT2D eigenvalue weighted by Gasteiger charge is -2.44. The van der Waals surface area contributed by atoms with Crippen molar-refractivity contribution >= 4 is 17.8 Å². The second-order valence-electron chi connectivity index (χ2n) is 16.0. The molecule has 5 rings (SSSR count). The zero-order valence-corrected chi connectivity index (χ0v) is 29.9. The minimum atomic E-state index is -4.67. The predicted octanol–water partition coefficient (Wildman–Crippen LogP) is 7.94. The lowest BCUT2D eigenvalue weighted by molar-refractivity contribution is -0.229. The van der Waals surface area contributed by atoms with E-state index >= 15 is 0 Å². The van der Waals surface area contributed by atoms with Crippen molar-refractivity contribution in [2.75, 3.05) is 39.8 Å². The van der Waals surface area contributed by atoms with E-state index < -0.39 is 42.6 Å². The number of rotatable bonds is 8. The molecule has 286 valence electrons. The van der Waals surface area contributed by atoms with Crippen LogP contribution in [0.3, 0.4) is 0 Å². The monoisotopic (exact) mass is 719 g/mol. The third-order valence-electron chi connectivity index (χ3n) is 12.4. The van der Waals surface area contributed by atoms with Crippen LogP contribution in [0.2, 0.25) is 0 Å². The van der Waals surface area contributed by atoms with Crippen LogP contribution in [0.25, 0.3) is 0 Å². The number of alkyl halides is 6. The standard InChI is InChI=1S/C37H59F6N5O2/c1-46(18-17-26-23-29(36(38,39)40)25-30(24-26)37(41,42)43)34(50)32(27-11-5-2-6-12-27)47-19-21-48(22-20-47)35(44-31-15-9-4-10-16-31)45-33(49)28-13-7-3-8-14-28/h26-32H,2-25H2,1H3,(H,44,45,49). The van der Waals surface area contributed by atoms with Gasteiger partial charge in [-0.25, -0.2) is 4.99 Å². The Kier molecular flexibility index (Phi) is 13.8. The second-order valence-corrected chi connectivity index (χ2v) is 16.0. The van der Waals surface area contributed by atoms with Crippen molar-refractivity contribution < 1.29 is 35.9 Å². The van der Waals surface area contributed by atoms with Gasteiger partial charge in [-0.05, 0) is 76.0 Å². The average Bonchev–Trinajstić information content (AvgIpc) is 3.11. The molecule has 13 heteroatoms. The van der Waals surface area contributed by atoms with Crippen LogP contribution in [0.5, 0.6) is 0 Å². The van der Waals surface area contributed by atoms with Gasteiger partial charge in [0.1, 0.15) is 0 Å². The van der Waals surface area contributed by atoms with Gasteiger partial charge in [0.2, 0.25) is 17.8 Å². The molecular formula is C37H59F6N5O2. The second kappa shape index (κ2) is 17.6. The molecule has 0 aromatic carbocycles. The molecule has 3 unspecified atom stereocenters. The Hall–Kier alpha value is -2.05. The van der Waals surface area contributed by atoms with Crippen LogP contribution in [-0.4, -0.2) is 96.7 Å². The zero-order valence-electron chi connectivity index (χ0n) is 29.9. The largest absolute Gasteiger partial charge is 0.391 e. The quantitative estimate of drug-likeness (QED) is 0.157. The molecule has 1 aliphatic heterocycles. The Morgan fingerprint density at radius 3 is 1.80 bits per heavy atom. The third-order valence-corrected chi connectivity index (χ3v) is 12.4. The van der Waals surface area contributed by atoms with Gasteiger partial charge in [-0.1, -0.05) is 57.8 Å². The SMILES string of the molecule is CN(CCC1CC(C(F)(F)F)CC(C(F)(F)F)C1)C(=O)C(C1CCCCC1)N1CCN(C(=NC2CCCCC2)NC(=O)C2CCCCC2)CC1. The lowest BCUT2D eigenvalue weighted by Crippen LogP contribution is -2.60. The summed E-state index contributed by atoms with van der Waals surface area (Å²) < 4.78 is 81.6. The molecule has 0 bridgehead atoms. The van der Waals surface area contributed by atoms with Gasteiger partial charge in [0.05, 0.1) is 23.9 Å². The number of halogens is 6. The molecule has 5 fully saturated rings. The molecule has 0 radical (unpaired) electrons. The van der Waals surface area contributed by atoms with Crippen molar-refractivity contribution in [3.63, 3.8) is 0 Å². The molecule has 3 atom stereocenters. The maximum Gasteiger partial charge on any atom is 0.391 e. The molecule has 0 aromatic rings. The van der Waals surface area contributed by atoms with E-state index in [1.54, 1.807) is 11.9 Å². The molecule has 0 spiro atoms. The Balaban J connectivity index is 1.24. The molecule has 2 amide bonds. The molecule has 0 aromatic heterocycles. The maximum atomic E-state index is 14.2. The molecule has 4 aliphatic carbocycles. The zero-order chi connectivity index (χ0) is 35.9. The van der Waals surface area contributed by atoms with Crippen molar-refractivity contribution in [2.24, 2.45) is 34.6 Å². The summed E-state index contributed by atoms with van der Waals surface area (Å²) in [5.41, 5.74) is 0. The minimum absolute atomic E-state index is 0.0118. The van der Waals surface area contributed by atoms with Crippen LogP contribution in [0.4, 0.5) is 26.3 Å². The van der Waals surface area contributed by atoms with Crippen LogP contribution in [0, 0.1) is 29.6 Å². The highest BCUT2D eigenvalue weighted by Gasteiger charge is 2.51. The summed E-state index contributed by atoms with van der Waals surface area (Å²) in [7, 11) is 1.65. The number of hydrogen-bond acceptors (Lipinski definition) is 4. The summed E-state index contributed by atoms with van der Waals surface area (Å²) in [6, 6.07) is -0.203. The van der Waals surface area contributed by atoms with Crippen molar-refractivity contribution in [1.82, 2.24) is 20.0 Å². The summed E-state index contributed by atoms with van der Waals surface area (Å²) in [4.78, 5) is 38.6. The molecule has 1 saturated heterocycles. The van der Waals surface area contributed by atoms with Crippen molar-refractivity contribution in [3.8, 4) is 0 Å². The van der Waals surface area contributed by atoms with Gasteiger partial charge in [0.25, 0.3) is 0 Å². The Labute approximate surface area is 294 Å². The van der Waals surface area contributed by atoms with Gasteiger partial charge >= 0.3 is 12.4 Å². The van der Waals surface area contributed by atoms with Crippen molar-refractivity contribution in [1.29, 1.82) is 0 Å². The molecule has 1 heterocycles. The van der Waals surface area contributed by atoms with Gasteiger partial charge in [-0.3, -0.25) is 19.8 Å². The Morgan fingerprint density at radius 1 is 0.740 bits per heavy atom. The predicted molar refractivity (Wildman–Crippen MR) is 181 cm³/mol. The van der Waals surface area contributed by atoms with E-state index in [0.717, 1.165) is 83.5 Å². The number of nitrogens with zero attached hydrogens (tertiary/aromatic N) is 4. The molecule has 7 nitrogen and oxygen atoms in total. The van der Waals surface area contributed by atoms with Crippen LogP contribution in [0.1, 0.15) is 122 Å². The number of piperazine rings is 1. The van der Waals surface area contributed by atoms with Gasteiger partial charge in [-0.15, -0.1) is 0 Å². The van der Waals surface area contributed by atoms with E-state index in [4.69, 9.17) is 4.99 Å². The smallest absolute Gasteiger partial charge is 0.344 e. The molecular weight excluding hydrogens is 660 g/mol. The summed E-state index contributed by atoms with van der Waals surface area (Å²) >= 11 is 0. The van der Waals surface area contributed by atoms with E-state index in [1.165, 1.54) is 12.8 Å². The highest BCUT2D eigenvalue weighted by Crippen LogP contribution is 2.48. The van der Waals surface area contributed by atoms with E-state index in [9.17, 15) is 35.9 Å². The third kappa shape index (κ3) is 10.7. The van der Waals surface area contributed by atoms with Gasteiger partial charge < -0.3 is 9.80 Å². The minimum Gasteiger partial charge on any atom is -0.344 e. The highest BCUT2D eigenvalue weighted by molar-refractivity contribution is 5.98. The van der Waals surface area contributed by atoms with E-state index in [2.05, 4.69) is 15.1 Å². The molecule has 5 aliphatic rings. The van der Waals surface area contributed by atoms with Crippen LogP contribution < -0.4 is 5.32 Å². The molecule has 1 N–H and O–H groups in total. The Morgan fingerprint density at radius 2 is 1.26 bits per heavy atom. The normalized spacial score (nSPS) is 28.3. The Bertz CT molecular complexity index is 1100. The molecule has 4 saturated carbocycles. The first kappa shape index (κ1) is 39.2. The number of carbonyl (C=O) groups excluding carboxylic acids is 2. The van der Waals surface area contributed by atoms with Crippen LogP contribution in [0.15, 0.2) is 4.99 Å². The fourth-order valence-electron chi connectivity index (χ4n) is 9.39. The maximum absolute atomic E-state index is 14.2. The van der Waals surface area contributed by atoms with Gasteiger partial charge in [0, 0.05) is 45.7 Å². The van der Waals surface area contributed by atoms with E-state index in [1.807, 2.05) is 0 Å².